The largest absolute Gasteiger partial charge is 0.321 e. The van der Waals surface area contributed by atoms with Crippen LogP contribution in [0.5, 0.6) is 0 Å². The number of hydrogen-bond acceptors (Lipinski definition) is 4. The number of amides is 1. The Morgan fingerprint density at radius 3 is 3.04 bits per heavy atom. The Bertz CT molecular complexity index is 848. The number of nitrogens with zero attached hydrogens (tertiary/aromatic N) is 3. The molecule has 128 valence electrons. The summed E-state index contributed by atoms with van der Waals surface area (Å²) in [4.78, 5) is 12.5. The second-order valence-electron chi connectivity index (χ2n) is 6.19. The van der Waals surface area contributed by atoms with Gasteiger partial charge < -0.3 is 10.6 Å². The van der Waals surface area contributed by atoms with Crippen molar-refractivity contribution in [1.82, 2.24) is 25.3 Å². The monoisotopic (exact) mass is 336 g/mol. The molecule has 0 saturated carbocycles. The van der Waals surface area contributed by atoms with Gasteiger partial charge in [-0.05, 0) is 43.7 Å². The maximum Gasteiger partial charge on any atom is 0.276 e. The lowest BCUT2D eigenvalue weighted by molar-refractivity contribution is 0.102. The fraction of sp³-hybridized carbons (Fsp3) is 0.278. The summed E-state index contributed by atoms with van der Waals surface area (Å²) < 4.78 is 1.89. The van der Waals surface area contributed by atoms with Crippen molar-refractivity contribution in [2.45, 2.75) is 18.9 Å². The molecule has 7 heteroatoms. The molecule has 1 unspecified atom stereocenters. The highest BCUT2D eigenvalue weighted by Crippen LogP contribution is 2.21. The topological polar surface area (TPSA) is 87.6 Å². The van der Waals surface area contributed by atoms with Gasteiger partial charge in [0.05, 0.1) is 11.7 Å². The Hall–Kier alpha value is -2.93. The zero-order valence-electron chi connectivity index (χ0n) is 13.8. The number of rotatable bonds is 4. The molecule has 1 saturated heterocycles. The highest BCUT2D eigenvalue weighted by Gasteiger charge is 2.17. The zero-order chi connectivity index (χ0) is 17.1. The lowest BCUT2D eigenvalue weighted by Crippen LogP contribution is -2.32. The van der Waals surface area contributed by atoms with Crippen LogP contribution in [0.25, 0.3) is 11.3 Å². The molecule has 1 aromatic carbocycles. The van der Waals surface area contributed by atoms with E-state index < -0.39 is 0 Å². The van der Waals surface area contributed by atoms with Crippen molar-refractivity contribution in [2.75, 3.05) is 18.4 Å². The van der Waals surface area contributed by atoms with Crippen LogP contribution >= 0.6 is 0 Å². The Morgan fingerprint density at radius 2 is 2.24 bits per heavy atom. The molecule has 3 aromatic rings. The van der Waals surface area contributed by atoms with Gasteiger partial charge in [0, 0.05) is 30.2 Å². The molecule has 1 fully saturated rings. The summed E-state index contributed by atoms with van der Waals surface area (Å²) in [6, 6.07) is 11.6. The van der Waals surface area contributed by atoms with E-state index in [9.17, 15) is 4.79 Å². The summed E-state index contributed by atoms with van der Waals surface area (Å²) in [7, 11) is 0. The molecule has 7 nitrogen and oxygen atoms in total. The van der Waals surface area contributed by atoms with Crippen molar-refractivity contribution in [3.05, 3.63) is 54.5 Å². The minimum Gasteiger partial charge on any atom is -0.321 e. The summed E-state index contributed by atoms with van der Waals surface area (Å²) in [5, 5.41) is 17.6. The van der Waals surface area contributed by atoms with E-state index in [0.717, 1.165) is 42.9 Å². The van der Waals surface area contributed by atoms with Gasteiger partial charge in [-0.15, -0.1) is 0 Å². The van der Waals surface area contributed by atoms with E-state index in [1.165, 1.54) is 0 Å². The van der Waals surface area contributed by atoms with Gasteiger partial charge in [-0.2, -0.15) is 10.2 Å². The number of H-pyrrole nitrogens is 1. The Morgan fingerprint density at radius 1 is 1.28 bits per heavy atom. The summed E-state index contributed by atoms with van der Waals surface area (Å²) in [6.07, 6.45) is 5.80. The van der Waals surface area contributed by atoms with E-state index >= 15 is 0 Å². The molecule has 0 spiro atoms. The van der Waals surface area contributed by atoms with Gasteiger partial charge in [0.25, 0.3) is 5.91 Å². The van der Waals surface area contributed by atoms with Crippen molar-refractivity contribution in [3.8, 4) is 11.3 Å². The zero-order valence-corrected chi connectivity index (χ0v) is 13.8. The van der Waals surface area contributed by atoms with E-state index in [1.54, 1.807) is 12.3 Å². The van der Waals surface area contributed by atoms with Crippen molar-refractivity contribution < 1.29 is 4.79 Å². The number of piperidine rings is 1. The SMILES string of the molecule is O=C(Nc1cccc(-c2ccn[nH]2)c1)c1ccn(C2CCCNC2)n1. The second kappa shape index (κ2) is 6.90. The van der Waals surface area contributed by atoms with Crippen molar-refractivity contribution in [3.63, 3.8) is 0 Å². The van der Waals surface area contributed by atoms with Crippen molar-refractivity contribution >= 4 is 11.6 Å². The van der Waals surface area contributed by atoms with Crippen LogP contribution in [0.3, 0.4) is 0 Å². The van der Waals surface area contributed by atoms with Crippen LogP contribution in [-0.2, 0) is 0 Å². The molecule has 0 bridgehead atoms. The van der Waals surface area contributed by atoms with Crippen molar-refractivity contribution in [1.29, 1.82) is 0 Å². The highest BCUT2D eigenvalue weighted by molar-refractivity contribution is 6.03. The predicted molar refractivity (Wildman–Crippen MR) is 95.3 cm³/mol. The highest BCUT2D eigenvalue weighted by atomic mass is 16.1. The molecule has 4 rings (SSSR count). The standard InChI is InChI=1S/C18H20N6O/c25-18(17-7-10-24(23-17)15-5-2-8-19-12-15)21-14-4-1-3-13(11-14)16-6-9-20-22-16/h1,3-4,6-7,9-11,15,19H,2,5,8,12H2,(H,20,22)(H,21,25). The summed E-state index contributed by atoms with van der Waals surface area (Å²) in [5.41, 5.74) is 3.03. The van der Waals surface area contributed by atoms with E-state index in [4.69, 9.17) is 0 Å². The predicted octanol–water partition coefficient (Wildman–Crippen LogP) is 2.45. The van der Waals surface area contributed by atoms with Gasteiger partial charge in [-0.3, -0.25) is 14.6 Å². The molecular weight excluding hydrogens is 316 g/mol. The summed E-state index contributed by atoms with van der Waals surface area (Å²) in [6.45, 7) is 1.95. The lowest BCUT2D eigenvalue weighted by atomic mass is 10.1. The maximum atomic E-state index is 12.5. The lowest BCUT2D eigenvalue weighted by Gasteiger charge is -2.22. The quantitative estimate of drug-likeness (QED) is 0.683. The molecule has 25 heavy (non-hydrogen) atoms. The van der Waals surface area contributed by atoms with E-state index in [0.29, 0.717) is 11.7 Å². The smallest absolute Gasteiger partial charge is 0.276 e. The van der Waals surface area contributed by atoms with Gasteiger partial charge in [0.1, 0.15) is 0 Å². The van der Waals surface area contributed by atoms with Gasteiger partial charge in [-0.1, -0.05) is 12.1 Å². The number of benzene rings is 1. The molecule has 1 atom stereocenters. The first-order valence-electron chi connectivity index (χ1n) is 8.46. The van der Waals surface area contributed by atoms with Gasteiger partial charge >= 0.3 is 0 Å². The third-order valence-corrected chi connectivity index (χ3v) is 4.42. The second-order valence-corrected chi connectivity index (χ2v) is 6.19. The molecule has 0 aliphatic carbocycles. The number of anilines is 1. The average Bonchev–Trinajstić information content (AvgIpc) is 3.35. The third kappa shape index (κ3) is 3.46. The third-order valence-electron chi connectivity index (χ3n) is 4.42. The van der Waals surface area contributed by atoms with E-state index in [1.807, 2.05) is 41.2 Å². The Kier molecular flexibility index (Phi) is 4.30. The summed E-state index contributed by atoms with van der Waals surface area (Å²) >= 11 is 0. The number of carbonyl (C=O) groups excluding carboxylic acids is 1. The van der Waals surface area contributed by atoms with E-state index in [2.05, 4.69) is 25.9 Å². The van der Waals surface area contributed by atoms with Crippen LogP contribution in [0.15, 0.2) is 48.8 Å². The molecule has 1 amide bonds. The van der Waals surface area contributed by atoms with Crippen LogP contribution in [-0.4, -0.2) is 39.0 Å². The van der Waals surface area contributed by atoms with Crippen LogP contribution in [0, 0.1) is 0 Å². The first kappa shape index (κ1) is 15.6. The normalized spacial score (nSPS) is 17.4. The molecule has 0 radical (unpaired) electrons. The fourth-order valence-corrected chi connectivity index (χ4v) is 3.10. The van der Waals surface area contributed by atoms with Crippen LogP contribution < -0.4 is 10.6 Å². The van der Waals surface area contributed by atoms with Gasteiger partial charge in [0.15, 0.2) is 5.69 Å². The average molecular weight is 336 g/mol. The van der Waals surface area contributed by atoms with Crippen LogP contribution in [0.1, 0.15) is 29.4 Å². The fourth-order valence-electron chi connectivity index (χ4n) is 3.10. The number of nitrogens with one attached hydrogen (secondary N) is 3. The first-order chi connectivity index (χ1) is 12.3. The molecule has 2 aromatic heterocycles. The maximum absolute atomic E-state index is 12.5. The number of aromatic nitrogens is 4. The molecular formula is C18H20N6O. The number of carbonyl (C=O) groups is 1. The Labute approximate surface area is 145 Å². The van der Waals surface area contributed by atoms with Gasteiger partial charge in [-0.25, -0.2) is 0 Å². The number of aromatic amines is 1. The number of hydrogen-bond donors (Lipinski definition) is 3. The van der Waals surface area contributed by atoms with Crippen LogP contribution in [0.2, 0.25) is 0 Å². The first-order valence-corrected chi connectivity index (χ1v) is 8.46. The minimum absolute atomic E-state index is 0.204. The van der Waals surface area contributed by atoms with Crippen molar-refractivity contribution in [2.24, 2.45) is 0 Å². The van der Waals surface area contributed by atoms with Crippen LogP contribution in [0.4, 0.5) is 5.69 Å². The molecule has 3 heterocycles. The van der Waals surface area contributed by atoms with E-state index in [-0.39, 0.29) is 5.91 Å². The molecule has 3 N–H and O–H groups in total. The Balaban J connectivity index is 1.47. The molecule has 1 aliphatic heterocycles. The minimum atomic E-state index is -0.204. The molecule has 1 aliphatic rings. The van der Waals surface area contributed by atoms with Gasteiger partial charge in [0.2, 0.25) is 0 Å². The summed E-state index contributed by atoms with van der Waals surface area (Å²) in [5.74, 6) is -0.204.